The van der Waals surface area contributed by atoms with Gasteiger partial charge in [0.2, 0.25) is 5.82 Å². The zero-order chi connectivity index (χ0) is 20.9. The van der Waals surface area contributed by atoms with Gasteiger partial charge in [-0.15, -0.1) is 10.2 Å². The number of carbonyl (C=O) groups is 1. The van der Waals surface area contributed by atoms with Crippen molar-refractivity contribution in [1.29, 1.82) is 0 Å². The predicted octanol–water partition coefficient (Wildman–Crippen LogP) is 5.05. The lowest BCUT2D eigenvalue weighted by Crippen LogP contribution is -2.05. The van der Waals surface area contributed by atoms with Crippen LogP contribution in [0.3, 0.4) is 0 Å². The Hall–Kier alpha value is -3.22. The zero-order valence-electron chi connectivity index (χ0n) is 15.7. The van der Waals surface area contributed by atoms with Crippen molar-refractivity contribution in [3.63, 3.8) is 0 Å². The first kappa shape index (κ1) is 20.1. The molecule has 0 aliphatic carbocycles. The molecule has 1 aromatic heterocycles. The Kier molecular flexibility index (Phi) is 6.07. The van der Waals surface area contributed by atoms with E-state index in [9.17, 15) is 4.79 Å². The molecule has 150 valence electrons. The van der Waals surface area contributed by atoms with Gasteiger partial charge in [-0.05, 0) is 52.7 Å². The molecule has 0 saturated heterocycles. The highest BCUT2D eigenvalue weighted by Crippen LogP contribution is 2.18. The van der Waals surface area contributed by atoms with E-state index in [0.717, 1.165) is 11.1 Å². The number of halogens is 2. The second-order valence-corrected chi connectivity index (χ2v) is 7.43. The van der Waals surface area contributed by atoms with Crippen LogP contribution in [0.5, 0.6) is 0 Å². The lowest BCUT2D eigenvalue weighted by atomic mass is 10.1. The molecule has 0 saturated carbocycles. The first-order valence-electron chi connectivity index (χ1n) is 9.11. The van der Waals surface area contributed by atoms with E-state index in [1.807, 2.05) is 42.5 Å². The zero-order valence-corrected chi connectivity index (χ0v) is 17.2. The van der Waals surface area contributed by atoms with E-state index in [1.165, 1.54) is 4.80 Å². The Bertz CT molecular complexity index is 1160. The number of aromatic nitrogens is 4. The van der Waals surface area contributed by atoms with Gasteiger partial charge < -0.3 is 4.74 Å². The average Bonchev–Trinajstić information content (AvgIpc) is 3.23. The molecule has 30 heavy (non-hydrogen) atoms. The van der Waals surface area contributed by atoms with Gasteiger partial charge in [-0.3, -0.25) is 0 Å². The predicted molar refractivity (Wildman–Crippen MR) is 114 cm³/mol. The van der Waals surface area contributed by atoms with Gasteiger partial charge in [-0.2, -0.15) is 4.80 Å². The summed E-state index contributed by atoms with van der Waals surface area (Å²) in [7, 11) is 0. The number of nitrogens with zero attached hydrogens (tertiary/aromatic N) is 4. The third-order valence-corrected chi connectivity index (χ3v) is 4.83. The molecule has 0 bridgehead atoms. The molecular weight excluding hydrogens is 423 g/mol. The molecular formula is C22H16Cl2N4O2. The highest BCUT2D eigenvalue weighted by molar-refractivity contribution is 6.30. The van der Waals surface area contributed by atoms with Crippen LogP contribution in [0.4, 0.5) is 0 Å². The lowest BCUT2D eigenvalue weighted by Gasteiger charge is -2.06. The Balaban J connectivity index is 1.43. The van der Waals surface area contributed by atoms with E-state index in [2.05, 4.69) is 15.4 Å². The first-order chi connectivity index (χ1) is 14.6. The number of rotatable bonds is 6. The van der Waals surface area contributed by atoms with Gasteiger partial charge in [0, 0.05) is 15.6 Å². The summed E-state index contributed by atoms with van der Waals surface area (Å²) >= 11 is 11.8. The van der Waals surface area contributed by atoms with Crippen molar-refractivity contribution < 1.29 is 9.53 Å². The normalized spacial score (nSPS) is 10.7. The van der Waals surface area contributed by atoms with Gasteiger partial charge in [-0.1, -0.05) is 59.6 Å². The molecule has 0 aliphatic rings. The van der Waals surface area contributed by atoms with Crippen molar-refractivity contribution in [2.45, 2.75) is 13.2 Å². The summed E-state index contributed by atoms with van der Waals surface area (Å²) in [6.45, 7) is 0.628. The second-order valence-electron chi connectivity index (χ2n) is 6.55. The molecule has 0 spiro atoms. The third-order valence-electron chi connectivity index (χ3n) is 4.33. The topological polar surface area (TPSA) is 69.9 Å². The molecule has 4 rings (SSSR count). The van der Waals surface area contributed by atoms with E-state index < -0.39 is 5.97 Å². The Morgan fingerprint density at radius 2 is 1.57 bits per heavy atom. The molecule has 0 atom stereocenters. The molecule has 1 heterocycles. The van der Waals surface area contributed by atoms with Gasteiger partial charge in [0.05, 0.1) is 12.1 Å². The maximum atomic E-state index is 12.4. The number of carbonyl (C=O) groups excluding carboxylic acids is 1. The minimum Gasteiger partial charge on any atom is -0.457 e. The van der Waals surface area contributed by atoms with E-state index in [-0.39, 0.29) is 6.61 Å². The summed E-state index contributed by atoms with van der Waals surface area (Å²) in [4.78, 5) is 13.9. The SMILES string of the molecule is O=C(OCc1ccc(Cl)cc1)c1cccc(-c2nnn(Cc3ccc(Cl)cc3)n2)c1. The Labute approximate surface area is 183 Å². The van der Waals surface area contributed by atoms with Crippen LogP contribution < -0.4 is 0 Å². The largest absolute Gasteiger partial charge is 0.457 e. The van der Waals surface area contributed by atoms with E-state index in [0.29, 0.717) is 33.5 Å². The summed E-state index contributed by atoms with van der Waals surface area (Å²) in [5.74, 6) is -0.00308. The van der Waals surface area contributed by atoms with Gasteiger partial charge >= 0.3 is 5.97 Å². The number of hydrogen-bond acceptors (Lipinski definition) is 5. The second kappa shape index (κ2) is 9.07. The van der Waals surface area contributed by atoms with Crippen LogP contribution >= 0.6 is 23.2 Å². The van der Waals surface area contributed by atoms with E-state index >= 15 is 0 Å². The monoisotopic (exact) mass is 438 g/mol. The summed E-state index contributed by atoms with van der Waals surface area (Å²) in [5, 5.41) is 13.9. The lowest BCUT2D eigenvalue weighted by molar-refractivity contribution is 0.0473. The fourth-order valence-corrected chi connectivity index (χ4v) is 3.03. The first-order valence-corrected chi connectivity index (χ1v) is 9.87. The van der Waals surface area contributed by atoms with Crippen LogP contribution in [-0.2, 0) is 17.9 Å². The van der Waals surface area contributed by atoms with Crippen molar-refractivity contribution in [2.24, 2.45) is 0 Å². The quantitative estimate of drug-likeness (QED) is 0.393. The average molecular weight is 439 g/mol. The molecule has 8 heteroatoms. The fourth-order valence-electron chi connectivity index (χ4n) is 2.78. The number of hydrogen-bond donors (Lipinski definition) is 0. The molecule has 4 aromatic rings. The van der Waals surface area contributed by atoms with Crippen LogP contribution in [0, 0.1) is 0 Å². The highest BCUT2D eigenvalue weighted by atomic mass is 35.5. The maximum absolute atomic E-state index is 12.4. The number of ether oxygens (including phenoxy) is 1. The summed E-state index contributed by atoms with van der Waals surface area (Å²) in [5.41, 5.74) is 2.95. The van der Waals surface area contributed by atoms with Crippen LogP contribution in [0.15, 0.2) is 72.8 Å². The van der Waals surface area contributed by atoms with Crippen molar-refractivity contribution in [1.82, 2.24) is 20.2 Å². The smallest absolute Gasteiger partial charge is 0.338 e. The van der Waals surface area contributed by atoms with Crippen molar-refractivity contribution >= 4 is 29.2 Å². The minimum atomic E-state index is -0.430. The highest BCUT2D eigenvalue weighted by Gasteiger charge is 2.12. The third kappa shape index (κ3) is 5.03. The maximum Gasteiger partial charge on any atom is 0.338 e. The molecule has 0 fully saturated rings. The number of tetrazole rings is 1. The van der Waals surface area contributed by atoms with Crippen LogP contribution in [0.25, 0.3) is 11.4 Å². The number of benzene rings is 3. The van der Waals surface area contributed by atoms with Gasteiger partial charge in [0.25, 0.3) is 0 Å². The summed E-state index contributed by atoms with van der Waals surface area (Å²) in [6, 6.07) is 21.5. The Morgan fingerprint density at radius 3 is 2.27 bits per heavy atom. The standard InChI is InChI=1S/C22H16Cl2N4O2/c23-19-8-4-15(5-9-19)13-28-26-21(25-27-28)17-2-1-3-18(12-17)22(29)30-14-16-6-10-20(24)11-7-16/h1-12H,13-14H2. The van der Waals surface area contributed by atoms with Gasteiger partial charge in [0.1, 0.15) is 6.61 Å². The van der Waals surface area contributed by atoms with Crippen LogP contribution in [-0.4, -0.2) is 26.2 Å². The van der Waals surface area contributed by atoms with Gasteiger partial charge in [0.15, 0.2) is 0 Å². The molecule has 3 aromatic carbocycles. The number of esters is 1. The van der Waals surface area contributed by atoms with E-state index in [4.69, 9.17) is 27.9 Å². The molecule has 6 nitrogen and oxygen atoms in total. The molecule has 0 radical (unpaired) electrons. The van der Waals surface area contributed by atoms with Crippen molar-refractivity contribution in [3.8, 4) is 11.4 Å². The molecule has 0 amide bonds. The van der Waals surface area contributed by atoms with Crippen molar-refractivity contribution in [2.75, 3.05) is 0 Å². The van der Waals surface area contributed by atoms with Crippen LogP contribution in [0.1, 0.15) is 21.5 Å². The fraction of sp³-hybridized carbons (Fsp3) is 0.0909. The molecule has 0 aliphatic heterocycles. The summed E-state index contributed by atoms with van der Waals surface area (Å²) in [6.07, 6.45) is 0. The molecule has 0 N–H and O–H groups in total. The van der Waals surface area contributed by atoms with Crippen molar-refractivity contribution in [3.05, 3.63) is 99.5 Å². The van der Waals surface area contributed by atoms with Crippen LogP contribution in [0.2, 0.25) is 10.0 Å². The molecule has 0 unspecified atom stereocenters. The van der Waals surface area contributed by atoms with E-state index in [1.54, 1.807) is 30.3 Å². The Morgan fingerprint density at radius 1 is 0.900 bits per heavy atom. The minimum absolute atomic E-state index is 0.162. The summed E-state index contributed by atoms with van der Waals surface area (Å²) < 4.78 is 5.38. The van der Waals surface area contributed by atoms with Gasteiger partial charge in [-0.25, -0.2) is 4.79 Å².